The Hall–Kier alpha value is -1.87. The SMILES string of the molecule is COC(=O)C1CC(=O)N(c2scc(C)c2C#N)C1. The lowest BCUT2D eigenvalue weighted by molar-refractivity contribution is -0.145. The molecule has 1 fully saturated rings. The van der Waals surface area contributed by atoms with Crippen LogP contribution in [-0.2, 0) is 14.3 Å². The molecule has 1 unspecified atom stereocenters. The average Bonchev–Trinajstić information content (AvgIpc) is 2.91. The van der Waals surface area contributed by atoms with Crippen LogP contribution in [0, 0.1) is 24.2 Å². The third-order valence-electron chi connectivity index (χ3n) is 2.97. The minimum absolute atomic E-state index is 0.135. The Balaban J connectivity index is 2.28. The first-order valence-corrected chi connectivity index (χ1v) is 6.32. The zero-order chi connectivity index (χ0) is 13.3. The molecule has 1 atom stereocenters. The molecule has 1 aromatic rings. The van der Waals surface area contributed by atoms with Crippen LogP contribution in [0.4, 0.5) is 5.00 Å². The topological polar surface area (TPSA) is 70.4 Å². The van der Waals surface area contributed by atoms with Crippen molar-refractivity contribution in [2.24, 2.45) is 5.92 Å². The van der Waals surface area contributed by atoms with Gasteiger partial charge in [-0.25, -0.2) is 0 Å². The van der Waals surface area contributed by atoms with E-state index in [1.54, 1.807) is 0 Å². The van der Waals surface area contributed by atoms with Crippen LogP contribution in [0.1, 0.15) is 17.5 Å². The predicted molar refractivity (Wildman–Crippen MR) is 66.2 cm³/mol. The molecular formula is C12H12N2O3S. The number of carbonyl (C=O) groups is 2. The standard InChI is InChI=1S/C12H12N2O3S/c1-7-6-18-11(9(7)4-13)14-5-8(3-10(14)15)12(16)17-2/h6,8H,3,5H2,1-2H3. The van der Waals surface area contributed by atoms with Crippen molar-refractivity contribution in [2.45, 2.75) is 13.3 Å². The zero-order valence-electron chi connectivity index (χ0n) is 10.1. The van der Waals surface area contributed by atoms with Crippen molar-refractivity contribution in [1.29, 1.82) is 5.26 Å². The first-order chi connectivity index (χ1) is 8.58. The molecule has 6 heteroatoms. The van der Waals surface area contributed by atoms with Crippen molar-refractivity contribution < 1.29 is 14.3 Å². The number of methoxy groups -OCH3 is 1. The summed E-state index contributed by atoms with van der Waals surface area (Å²) in [6, 6.07) is 2.10. The van der Waals surface area contributed by atoms with Gasteiger partial charge in [-0.3, -0.25) is 9.59 Å². The Labute approximate surface area is 109 Å². The molecule has 0 N–H and O–H groups in total. The second-order valence-electron chi connectivity index (χ2n) is 4.14. The molecule has 0 aliphatic carbocycles. The van der Waals surface area contributed by atoms with E-state index in [0.29, 0.717) is 17.1 Å². The lowest BCUT2D eigenvalue weighted by Gasteiger charge is -2.14. The summed E-state index contributed by atoms with van der Waals surface area (Å²) in [4.78, 5) is 24.8. The fourth-order valence-corrected chi connectivity index (χ4v) is 3.03. The third-order valence-corrected chi connectivity index (χ3v) is 4.09. The fourth-order valence-electron chi connectivity index (χ4n) is 1.99. The molecular weight excluding hydrogens is 252 g/mol. The van der Waals surface area contributed by atoms with E-state index in [1.807, 2.05) is 12.3 Å². The Morgan fingerprint density at radius 2 is 2.39 bits per heavy atom. The molecule has 0 spiro atoms. The highest BCUT2D eigenvalue weighted by molar-refractivity contribution is 7.14. The van der Waals surface area contributed by atoms with E-state index in [1.165, 1.54) is 23.3 Å². The smallest absolute Gasteiger partial charge is 0.311 e. The molecule has 0 saturated carbocycles. The summed E-state index contributed by atoms with van der Waals surface area (Å²) in [5.74, 6) is -0.946. The van der Waals surface area contributed by atoms with Crippen LogP contribution in [-0.4, -0.2) is 25.5 Å². The van der Waals surface area contributed by atoms with Gasteiger partial charge in [0.25, 0.3) is 0 Å². The van der Waals surface area contributed by atoms with E-state index in [-0.39, 0.29) is 18.3 Å². The molecule has 0 aromatic carbocycles. The number of ether oxygens (including phenoxy) is 1. The third kappa shape index (κ3) is 1.97. The van der Waals surface area contributed by atoms with Crippen molar-refractivity contribution in [3.05, 3.63) is 16.5 Å². The van der Waals surface area contributed by atoms with Crippen LogP contribution in [0.3, 0.4) is 0 Å². The minimum atomic E-state index is -0.434. The normalized spacial score (nSPS) is 18.8. The van der Waals surface area contributed by atoms with Gasteiger partial charge in [0.2, 0.25) is 5.91 Å². The van der Waals surface area contributed by atoms with Crippen LogP contribution < -0.4 is 4.90 Å². The maximum Gasteiger partial charge on any atom is 0.311 e. The van der Waals surface area contributed by atoms with Crippen molar-refractivity contribution in [3.63, 3.8) is 0 Å². The quantitative estimate of drug-likeness (QED) is 0.758. The molecule has 1 aliphatic rings. The zero-order valence-corrected chi connectivity index (χ0v) is 10.9. The molecule has 0 bridgehead atoms. The number of amides is 1. The van der Waals surface area contributed by atoms with Crippen molar-refractivity contribution in [3.8, 4) is 6.07 Å². The van der Waals surface area contributed by atoms with Crippen LogP contribution in [0.25, 0.3) is 0 Å². The second kappa shape index (κ2) is 4.78. The number of hydrogen-bond donors (Lipinski definition) is 0. The van der Waals surface area contributed by atoms with E-state index in [9.17, 15) is 9.59 Å². The van der Waals surface area contributed by atoms with Crippen molar-refractivity contribution in [1.82, 2.24) is 0 Å². The van der Waals surface area contributed by atoms with Crippen LogP contribution in [0.15, 0.2) is 5.38 Å². The number of thiophene rings is 1. The number of rotatable bonds is 2. The van der Waals surface area contributed by atoms with E-state index in [2.05, 4.69) is 10.8 Å². The molecule has 18 heavy (non-hydrogen) atoms. The molecule has 5 nitrogen and oxygen atoms in total. The van der Waals surface area contributed by atoms with E-state index in [4.69, 9.17) is 5.26 Å². The van der Waals surface area contributed by atoms with Gasteiger partial charge in [-0.2, -0.15) is 5.26 Å². The van der Waals surface area contributed by atoms with Gasteiger partial charge < -0.3 is 9.64 Å². The number of hydrogen-bond acceptors (Lipinski definition) is 5. The van der Waals surface area contributed by atoms with E-state index < -0.39 is 5.92 Å². The minimum Gasteiger partial charge on any atom is -0.469 e. The maximum atomic E-state index is 11.9. The number of nitrogens with zero attached hydrogens (tertiary/aromatic N) is 2. The molecule has 2 rings (SSSR count). The summed E-state index contributed by atoms with van der Waals surface area (Å²) >= 11 is 1.35. The number of aryl methyl sites for hydroxylation is 1. The number of carbonyl (C=O) groups excluding carboxylic acids is 2. The predicted octanol–water partition coefficient (Wildman–Crippen LogP) is 1.45. The maximum absolute atomic E-state index is 11.9. The van der Waals surface area contributed by atoms with Gasteiger partial charge in [0.05, 0.1) is 18.6 Å². The largest absolute Gasteiger partial charge is 0.469 e. The van der Waals surface area contributed by atoms with Crippen LogP contribution >= 0.6 is 11.3 Å². The molecule has 1 aliphatic heterocycles. The highest BCUT2D eigenvalue weighted by atomic mass is 32.1. The van der Waals surface area contributed by atoms with E-state index in [0.717, 1.165) is 5.56 Å². The molecule has 1 saturated heterocycles. The van der Waals surface area contributed by atoms with Gasteiger partial charge in [0.1, 0.15) is 11.1 Å². The highest BCUT2D eigenvalue weighted by Crippen LogP contribution is 2.35. The highest BCUT2D eigenvalue weighted by Gasteiger charge is 2.37. The average molecular weight is 264 g/mol. The first-order valence-electron chi connectivity index (χ1n) is 5.44. The van der Waals surface area contributed by atoms with Gasteiger partial charge in [-0.15, -0.1) is 11.3 Å². The summed E-state index contributed by atoms with van der Waals surface area (Å²) in [5.41, 5.74) is 1.37. The Kier molecular flexibility index (Phi) is 3.34. The second-order valence-corrected chi connectivity index (χ2v) is 5.00. The lowest BCUT2D eigenvalue weighted by atomic mass is 10.1. The first kappa shape index (κ1) is 12.6. The van der Waals surface area contributed by atoms with Gasteiger partial charge in [-0.05, 0) is 17.9 Å². The number of esters is 1. The van der Waals surface area contributed by atoms with Crippen LogP contribution in [0.5, 0.6) is 0 Å². The van der Waals surface area contributed by atoms with Crippen molar-refractivity contribution >= 4 is 28.2 Å². The van der Waals surface area contributed by atoms with Gasteiger partial charge >= 0.3 is 5.97 Å². The summed E-state index contributed by atoms with van der Waals surface area (Å²) in [6.45, 7) is 2.12. The summed E-state index contributed by atoms with van der Waals surface area (Å²) < 4.78 is 4.65. The Bertz CT molecular complexity index is 544. The van der Waals surface area contributed by atoms with Gasteiger partial charge in [0.15, 0.2) is 0 Å². The Morgan fingerprint density at radius 3 is 3.00 bits per heavy atom. The monoisotopic (exact) mass is 264 g/mol. The molecule has 0 radical (unpaired) electrons. The number of anilines is 1. The van der Waals surface area contributed by atoms with Gasteiger partial charge in [-0.1, -0.05) is 0 Å². The summed E-state index contributed by atoms with van der Waals surface area (Å²) in [5, 5.41) is 11.6. The van der Waals surface area contributed by atoms with E-state index >= 15 is 0 Å². The molecule has 94 valence electrons. The van der Waals surface area contributed by atoms with Crippen LogP contribution in [0.2, 0.25) is 0 Å². The van der Waals surface area contributed by atoms with Crippen molar-refractivity contribution in [2.75, 3.05) is 18.6 Å². The van der Waals surface area contributed by atoms with Gasteiger partial charge in [0, 0.05) is 13.0 Å². The summed E-state index contributed by atoms with van der Waals surface area (Å²) in [7, 11) is 1.31. The number of nitriles is 1. The fraction of sp³-hybridized carbons (Fsp3) is 0.417. The molecule has 1 amide bonds. The molecule has 1 aromatic heterocycles. The summed E-state index contributed by atoms with van der Waals surface area (Å²) in [6.07, 6.45) is 0.147. The lowest BCUT2D eigenvalue weighted by Crippen LogP contribution is -2.26. The Morgan fingerprint density at radius 1 is 1.67 bits per heavy atom. The molecule has 2 heterocycles.